The fourth-order valence-corrected chi connectivity index (χ4v) is 3.54. The number of hydrogen-bond donors (Lipinski definition) is 2. The number of ether oxygens (including phenoxy) is 1. The third-order valence-electron chi connectivity index (χ3n) is 4.90. The van der Waals surface area contributed by atoms with Gasteiger partial charge in [-0.2, -0.15) is 5.10 Å². The fourth-order valence-electron chi connectivity index (χ4n) is 3.54. The predicted molar refractivity (Wildman–Crippen MR) is 105 cm³/mol. The van der Waals surface area contributed by atoms with Crippen molar-refractivity contribution in [3.63, 3.8) is 0 Å². The van der Waals surface area contributed by atoms with Crippen LogP contribution in [0.1, 0.15) is 37.6 Å². The molecule has 0 unspecified atom stereocenters. The first-order valence-corrected chi connectivity index (χ1v) is 9.16. The van der Waals surface area contributed by atoms with Gasteiger partial charge in [0.2, 0.25) is 5.88 Å². The van der Waals surface area contributed by atoms with E-state index in [4.69, 9.17) is 9.72 Å². The Balaban J connectivity index is 1.57. The highest BCUT2D eigenvalue weighted by Crippen LogP contribution is 2.41. The topological polar surface area (TPSA) is 79.0 Å². The number of H-pyrrole nitrogens is 1. The number of pyridine rings is 2. The van der Waals surface area contributed by atoms with Gasteiger partial charge in [0.1, 0.15) is 5.82 Å². The molecule has 0 spiro atoms. The van der Waals surface area contributed by atoms with Gasteiger partial charge in [-0.15, -0.1) is 0 Å². The second-order valence-corrected chi connectivity index (χ2v) is 7.11. The van der Waals surface area contributed by atoms with Crippen molar-refractivity contribution in [1.82, 2.24) is 20.2 Å². The molecular weight excluding hydrogens is 340 g/mol. The summed E-state index contributed by atoms with van der Waals surface area (Å²) >= 11 is 0. The van der Waals surface area contributed by atoms with E-state index in [1.807, 2.05) is 31.5 Å². The van der Waals surface area contributed by atoms with Crippen LogP contribution in [0.5, 0.6) is 5.88 Å². The standard InChI is InChI=1S/C20H24N6O/c1-4-27-18-6-5-15-13-26(20(2,3)19(15)24-18)16-9-14(10-21-12-16)11-22-17-7-8-23-25-17/h5-10,12H,4,11,13H2,1-3H3,(H2,22,23,25). The zero-order valence-corrected chi connectivity index (χ0v) is 15.9. The number of anilines is 2. The minimum atomic E-state index is -0.237. The van der Waals surface area contributed by atoms with Crippen LogP contribution in [0.2, 0.25) is 0 Å². The summed E-state index contributed by atoms with van der Waals surface area (Å²) in [5, 5.41) is 10.2. The highest BCUT2D eigenvalue weighted by atomic mass is 16.5. The lowest BCUT2D eigenvalue weighted by molar-refractivity contribution is 0.323. The van der Waals surface area contributed by atoms with Crippen LogP contribution >= 0.6 is 0 Å². The van der Waals surface area contributed by atoms with E-state index in [2.05, 4.69) is 51.4 Å². The molecule has 1 aliphatic rings. The Morgan fingerprint density at radius 2 is 2.15 bits per heavy atom. The van der Waals surface area contributed by atoms with Gasteiger partial charge in [0.25, 0.3) is 0 Å². The highest BCUT2D eigenvalue weighted by Gasteiger charge is 2.39. The first-order valence-electron chi connectivity index (χ1n) is 9.16. The average molecular weight is 364 g/mol. The van der Waals surface area contributed by atoms with E-state index in [0.717, 1.165) is 29.3 Å². The van der Waals surface area contributed by atoms with E-state index in [1.165, 1.54) is 5.56 Å². The molecule has 7 heteroatoms. The lowest BCUT2D eigenvalue weighted by Gasteiger charge is -2.33. The first-order chi connectivity index (χ1) is 13.1. The van der Waals surface area contributed by atoms with Crippen LogP contribution < -0.4 is 15.0 Å². The van der Waals surface area contributed by atoms with E-state index in [9.17, 15) is 0 Å². The van der Waals surface area contributed by atoms with Crippen molar-refractivity contribution in [2.75, 3.05) is 16.8 Å². The van der Waals surface area contributed by atoms with Crippen molar-refractivity contribution in [3.05, 3.63) is 59.7 Å². The molecule has 0 amide bonds. The third-order valence-corrected chi connectivity index (χ3v) is 4.90. The number of hydrogen-bond acceptors (Lipinski definition) is 6. The Hall–Kier alpha value is -3.09. The largest absolute Gasteiger partial charge is 0.478 e. The highest BCUT2D eigenvalue weighted by molar-refractivity contribution is 5.56. The van der Waals surface area contributed by atoms with Gasteiger partial charge in [-0.25, -0.2) is 4.98 Å². The van der Waals surface area contributed by atoms with Crippen LogP contribution in [0.4, 0.5) is 11.5 Å². The number of rotatable bonds is 6. The van der Waals surface area contributed by atoms with Gasteiger partial charge in [-0.05, 0) is 50.1 Å². The molecule has 140 valence electrons. The lowest BCUT2D eigenvalue weighted by atomic mass is 9.99. The van der Waals surface area contributed by atoms with Crippen LogP contribution in [0.25, 0.3) is 0 Å². The summed E-state index contributed by atoms with van der Waals surface area (Å²) < 4.78 is 5.59. The van der Waals surface area contributed by atoms with Crippen molar-refractivity contribution in [2.45, 2.75) is 39.4 Å². The first kappa shape index (κ1) is 17.3. The van der Waals surface area contributed by atoms with Crippen molar-refractivity contribution < 1.29 is 4.74 Å². The Labute approximate surface area is 158 Å². The van der Waals surface area contributed by atoms with Crippen molar-refractivity contribution >= 4 is 11.5 Å². The van der Waals surface area contributed by atoms with E-state index in [0.29, 0.717) is 19.0 Å². The number of aromatic nitrogens is 4. The normalized spacial score (nSPS) is 14.9. The minimum Gasteiger partial charge on any atom is -0.478 e. The van der Waals surface area contributed by atoms with E-state index >= 15 is 0 Å². The van der Waals surface area contributed by atoms with Gasteiger partial charge < -0.3 is 15.0 Å². The summed E-state index contributed by atoms with van der Waals surface area (Å²) in [4.78, 5) is 11.5. The molecule has 0 saturated carbocycles. The molecule has 7 nitrogen and oxygen atoms in total. The molecule has 4 heterocycles. The van der Waals surface area contributed by atoms with Crippen LogP contribution in [0, 0.1) is 0 Å². The van der Waals surface area contributed by atoms with Crippen molar-refractivity contribution in [2.24, 2.45) is 0 Å². The Morgan fingerprint density at radius 1 is 1.26 bits per heavy atom. The van der Waals surface area contributed by atoms with Crippen LogP contribution in [0.15, 0.2) is 42.9 Å². The lowest BCUT2D eigenvalue weighted by Crippen LogP contribution is -2.36. The number of nitrogens with zero attached hydrogens (tertiary/aromatic N) is 4. The molecular formula is C20H24N6O. The SMILES string of the molecule is CCOc1ccc2c(n1)C(C)(C)N(c1cncc(CNc3ccn[nH]3)c1)C2. The monoisotopic (exact) mass is 364 g/mol. The summed E-state index contributed by atoms with van der Waals surface area (Å²) in [6.45, 7) is 8.46. The van der Waals surface area contributed by atoms with Crippen LogP contribution in [0.3, 0.4) is 0 Å². The molecule has 0 atom stereocenters. The fraction of sp³-hybridized carbons (Fsp3) is 0.350. The van der Waals surface area contributed by atoms with Gasteiger partial charge >= 0.3 is 0 Å². The van der Waals surface area contributed by atoms with E-state index in [1.54, 1.807) is 6.20 Å². The number of nitrogens with one attached hydrogen (secondary N) is 2. The van der Waals surface area contributed by atoms with Gasteiger partial charge in [-0.1, -0.05) is 0 Å². The quantitative estimate of drug-likeness (QED) is 0.697. The molecule has 0 aromatic carbocycles. The zero-order chi connectivity index (χ0) is 18.9. The second-order valence-electron chi connectivity index (χ2n) is 7.11. The maximum absolute atomic E-state index is 5.59. The van der Waals surface area contributed by atoms with Crippen LogP contribution in [-0.2, 0) is 18.6 Å². The minimum absolute atomic E-state index is 0.237. The summed E-state index contributed by atoms with van der Waals surface area (Å²) in [6, 6.07) is 8.14. The Kier molecular flexibility index (Phi) is 4.43. The molecule has 0 saturated heterocycles. The molecule has 3 aromatic heterocycles. The molecule has 1 aliphatic heterocycles. The molecule has 3 aromatic rings. The average Bonchev–Trinajstić information content (AvgIpc) is 3.27. The predicted octanol–water partition coefficient (Wildman–Crippen LogP) is 3.47. The second kappa shape index (κ2) is 6.90. The maximum Gasteiger partial charge on any atom is 0.213 e. The van der Waals surface area contributed by atoms with Gasteiger partial charge in [-0.3, -0.25) is 10.1 Å². The van der Waals surface area contributed by atoms with Crippen molar-refractivity contribution in [3.8, 4) is 5.88 Å². The molecule has 0 fully saturated rings. The molecule has 27 heavy (non-hydrogen) atoms. The molecule has 0 aliphatic carbocycles. The third kappa shape index (κ3) is 3.32. The number of aromatic amines is 1. The molecule has 2 N–H and O–H groups in total. The summed E-state index contributed by atoms with van der Waals surface area (Å²) in [5.41, 5.74) is 4.25. The maximum atomic E-state index is 5.59. The summed E-state index contributed by atoms with van der Waals surface area (Å²) in [6.07, 6.45) is 5.52. The van der Waals surface area contributed by atoms with E-state index < -0.39 is 0 Å². The smallest absolute Gasteiger partial charge is 0.213 e. The summed E-state index contributed by atoms with van der Waals surface area (Å²) in [5.74, 6) is 1.57. The van der Waals surface area contributed by atoms with E-state index in [-0.39, 0.29) is 5.54 Å². The Morgan fingerprint density at radius 3 is 2.93 bits per heavy atom. The van der Waals surface area contributed by atoms with Gasteiger partial charge in [0.15, 0.2) is 0 Å². The van der Waals surface area contributed by atoms with Gasteiger partial charge in [0.05, 0.1) is 35.9 Å². The van der Waals surface area contributed by atoms with Crippen molar-refractivity contribution in [1.29, 1.82) is 0 Å². The molecule has 4 rings (SSSR count). The molecule has 0 bridgehead atoms. The number of fused-ring (bicyclic) bond motifs is 1. The zero-order valence-electron chi connectivity index (χ0n) is 15.9. The summed E-state index contributed by atoms with van der Waals surface area (Å²) in [7, 11) is 0. The van der Waals surface area contributed by atoms with Crippen LogP contribution in [-0.4, -0.2) is 26.8 Å². The molecule has 0 radical (unpaired) electrons. The van der Waals surface area contributed by atoms with Gasteiger partial charge in [0, 0.05) is 25.4 Å². The Bertz CT molecular complexity index is 922.